The van der Waals surface area contributed by atoms with Crippen LogP contribution >= 0.6 is 0 Å². The molecule has 0 aliphatic heterocycles. The molecule has 1 rings (SSSR count). The van der Waals surface area contributed by atoms with Crippen LogP contribution in [0.3, 0.4) is 0 Å². The topological polar surface area (TPSA) is 263 Å². The lowest BCUT2D eigenvalue weighted by Crippen LogP contribution is -2.56. The minimum Gasteiger partial charge on any atom is -0.480 e. The molecule has 198 valence electrons. The number of nitrogens with two attached hydrogens (primary N) is 2. The summed E-state index contributed by atoms with van der Waals surface area (Å²) >= 11 is 0. The molecule has 0 aliphatic carbocycles. The highest BCUT2D eigenvalue weighted by Crippen LogP contribution is 2.04. The molecule has 11 N–H and O–H groups in total. The van der Waals surface area contributed by atoms with Crippen LogP contribution < -0.4 is 32.7 Å². The number of benzene rings is 1. The molecule has 0 aromatic heterocycles. The van der Waals surface area contributed by atoms with Gasteiger partial charge >= 0.3 is 5.97 Å². The number of aliphatic hydroxyl groups is 2. The Morgan fingerprint density at radius 3 is 1.94 bits per heavy atom. The largest absolute Gasteiger partial charge is 0.480 e. The number of carboxylic acid groups (broad SMARTS) is 1. The molecule has 15 heteroatoms. The van der Waals surface area contributed by atoms with Gasteiger partial charge in [0.15, 0.2) is 0 Å². The van der Waals surface area contributed by atoms with E-state index in [1.165, 1.54) is 0 Å². The number of aliphatic carboxylic acids is 1. The van der Waals surface area contributed by atoms with Gasteiger partial charge in [-0.15, -0.1) is 0 Å². The van der Waals surface area contributed by atoms with Gasteiger partial charge in [-0.05, 0) is 5.56 Å². The van der Waals surface area contributed by atoms with Crippen molar-refractivity contribution < 1.29 is 44.1 Å². The van der Waals surface area contributed by atoms with E-state index in [4.69, 9.17) is 16.6 Å². The molecule has 36 heavy (non-hydrogen) atoms. The molecule has 0 aliphatic rings. The summed E-state index contributed by atoms with van der Waals surface area (Å²) in [5.41, 5.74) is 11.1. The average molecular weight is 511 g/mol. The minimum absolute atomic E-state index is 0.0661. The first-order valence-corrected chi connectivity index (χ1v) is 10.7. The zero-order valence-corrected chi connectivity index (χ0v) is 19.2. The SMILES string of the molecule is NC(=O)C[C@@H](NC(=O)CNC(=O)[C@@H](CO)NC(=O)[C@H](N)CO)C(=O)N[C@@H](Cc1ccccc1)C(=O)O. The van der Waals surface area contributed by atoms with Gasteiger partial charge in [0.2, 0.25) is 29.5 Å². The Labute approximate surface area is 205 Å². The molecule has 0 saturated carbocycles. The van der Waals surface area contributed by atoms with Crippen LogP contribution in [-0.2, 0) is 35.2 Å². The molecule has 0 spiro atoms. The highest BCUT2D eigenvalue weighted by Gasteiger charge is 2.29. The molecule has 0 saturated heterocycles. The van der Waals surface area contributed by atoms with E-state index in [2.05, 4.69) is 21.3 Å². The lowest BCUT2D eigenvalue weighted by atomic mass is 10.1. The van der Waals surface area contributed by atoms with Gasteiger partial charge in [-0.25, -0.2) is 4.79 Å². The molecule has 0 fully saturated rings. The van der Waals surface area contributed by atoms with Crippen molar-refractivity contribution >= 4 is 35.5 Å². The maximum absolute atomic E-state index is 12.6. The van der Waals surface area contributed by atoms with E-state index < -0.39 is 85.9 Å². The first kappa shape index (κ1) is 30.0. The third kappa shape index (κ3) is 10.5. The van der Waals surface area contributed by atoms with E-state index in [1.807, 2.05) is 0 Å². The number of hydrogen-bond acceptors (Lipinski definition) is 9. The third-order valence-corrected chi connectivity index (χ3v) is 4.73. The third-order valence-electron chi connectivity index (χ3n) is 4.73. The number of carbonyl (C=O) groups is 6. The van der Waals surface area contributed by atoms with Crippen LogP contribution in [0, 0.1) is 0 Å². The first-order valence-electron chi connectivity index (χ1n) is 10.7. The van der Waals surface area contributed by atoms with Crippen molar-refractivity contribution in [3.63, 3.8) is 0 Å². The predicted molar refractivity (Wildman–Crippen MR) is 123 cm³/mol. The summed E-state index contributed by atoms with van der Waals surface area (Å²) in [6.45, 7) is -2.28. The van der Waals surface area contributed by atoms with Crippen molar-refractivity contribution in [3.05, 3.63) is 35.9 Å². The number of carbonyl (C=O) groups excluding carboxylic acids is 5. The second-order valence-electron chi connectivity index (χ2n) is 7.63. The van der Waals surface area contributed by atoms with E-state index in [-0.39, 0.29) is 6.42 Å². The second kappa shape index (κ2) is 15.0. The summed E-state index contributed by atoms with van der Waals surface area (Å²) in [4.78, 5) is 71.7. The average Bonchev–Trinajstić information content (AvgIpc) is 2.84. The molecule has 0 radical (unpaired) electrons. The summed E-state index contributed by atoms with van der Waals surface area (Å²) < 4.78 is 0. The van der Waals surface area contributed by atoms with Gasteiger partial charge < -0.3 is 48.1 Å². The van der Waals surface area contributed by atoms with Crippen LogP contribution in [0.25, 0.3) is 0 Å². The van der Waals surface area contributed by atoms with Gasteiger partial charge in [-0.3, -0.25) is 24.0 Å². The molecule has 1 aromatic rings. The van der Waals surface area contributed by atoms with Crippen LogP contribution in [0.4, 0.5) is 0 Å². The Morgan fingerprint density at radius 1 is 0.806 bits per heavy atom. The van der Waals surface area contributed by atoms with Gasteiger partial charge in [0.1, 0.15) is 24.2 Å². The summed E-state index contributed by atoms with van der Waals surface area (Å²) in [5.74, 6) is -6.14. The predicted octanol–water partition coefficient (Wildman–Crippen LogP) is -4.93. The fourth-order valence-electron chi connectivity index (χ4n) is 2.82. The van der Waals surface area contributed by atoms with Gasteiger partial charge in [-0.1, -0.05) is 30.3 Å². The quantitative estimate of drug-likeness (QED) is 0.108. The van der Waals surface area contributed by atoms with E-state index in [1.54, 1.807) is 30.3 Å². The van der Waals surface area contributed by atoms with Crippen LogP contribution in [0.15, 0.2) is 30.3 Å². The first-order chi connectivity index (χ1) is 17.0. The van der Waals surface area contributed by atoms with Gasteiger partial charge in [-0.2, -0.15) is 0 Å². The molecule has 1 aromatic carbocycles. The summed E-state index contributed by atoms with van der Waals surface area (Å²) in [5, 5.41) is 36.2. The highest BCUT2D eigenvalue weighted by molar-refractivity contribution is 5.95. The van der Waals surface area contributed by atoms with Crippen LogP contribution in [0.5, 0.6) is 0 Å². The fourth-order valence-corrected chi connectivity index (χ4v) is 2.82. The Morgan fingerprint density at radius 2 is 1.42 bits per heavy atom. The maximum atomic E-state index is 12.6. The molecular formula is C21H30N6O9. The van der Waals surface area contributed by atoms with E-state index in [9.17, 15) is 39.0 Å². The van der Waals surface area contributed by atoms with E-state index in [0.717, 1.165) is 0 Å². The number of amides is 5. The fraction of sp³-hybridized carbons (Fsp3) is 0.429. The lowest BCUT2D eigenvalue weighted by molar-refractivity contribution is -0.142. The zero-order valence-electron chi connectivity index (χ0n) is 19.2. The van der Waals surface area contributed by atoms with Crippen LogP contribution in [-0.4, -0.2) is 94.8 Å². The number of rotatable bonds is 15. The molecule has 5 amide bonds. The molecule has 0 unspecified atom stereocenters. The van der Waals surface area contributed by atoms with E-state index >= 15 is 0 Å². The van der Waals surface area contributed by atoms with Crippen molar-refractivity contribution in [2.75, 3.05) is 19.8 Å². The smallest absolute Gasteiger partial charge is 0.326 e. The van der Waals surface area contributed by atoms with Crippen molar-refractivity contribution in [3.8, 4) is 0 Å². The number of primary amides is 1. The Hall–Kier alpha value is -4.08. The monoisotopic (exact) mass is 510 g/mol. The maximum Gasteiger partial charge on any atom is 0.326 e. The Balaban J connectivity index is 2.76. The van der Waals surface area contributed by atoms with Gasteiger partial charge in [0.25, 0.3) is 0 Å². The zero-order chi connectivity index (χ0) is 27.3. The standard InChI is InChI=1S/C21H30N6O9/c22-12(9-28)18(32)27-15(10-29)19(33)24-8-17(31)25-13(7-16(23)30)20(34)26-14(21(35)36)6-11-4-2-1-3-5-11/h1-5,12-15,28-29H,6-10,22H2,(H2,23,30)(H,24,33)(H,25,31)(H,26,34)(H,27,32)(H,35,36)/t12-,13-,14+,15-/m1/s1. The van der Waals surface area contributed by atoms with Crippen molar-refractivity contribution in [1.82, 2.24) is 21.3 Å². The molecule has 15 nitrogen and oxygen atoms in total. The Kier molecular flexibility index (Phi) is 12.5. The van der Waals surface area contributed by atoms with E-state index in [0.29, 0.717) is 5.56 Å². The summed E-state index contributed by atoms with van der Waals surface area (Å²) in [6.07, 6.45) is -0.721. The molecule has 4 atom stereocenters. The van der Waals surface area contributed by atoms with Crippen LogP contribution in [0.1, 0.15) is 12.0 Å². The van der Waals surface area contributed by atoms with Crippen molar-refractivity contribution in [2.45, 2.75) is 37.0 Å². The van der Waals surface area contributed by atoms with Gasteiger partial charge in [0, 0.05) is 6.42 Å². The number of nitrogens with one attached hydrogen (secondary N) is 4. The number of carboxylic acids is 1. The van der Waals surface area contributed by atoms with Crippen molar-refractivity contribution in [1.29, 1.82) is 0 Å². The number of hydrogen-bond donors (Lipinski definition) is 9. The molecular weight excluding hydrogens is 480 g/mol. The summed E-state index contributed by atoms with van der Waals surface area (Å²) in [7, 11) is 0. The molecule has 0 heterocycles. The highest BCUT2D eigenvalue weighted by atomic mass is 16.4. The Bertz CT molecular complexity index is 943. The normalized spacial score (nSPS) is 13.9. The second-order valence-corrected chi connectivity index (χ2v) is 7.63. The number of aliphatic hydroxyl groups excluding tert-OH is 2. The summed E-state index contributed by atoms with van der Waals surface area (Å²) in [6, 6.07) is 2.70. The minimum atomic E-state index is -1.54. The lowest BCUT2D eigenvalue weighted by Gasteiger charge is -2.21. The van der Waals surface area contributed by atoms with Crippen molar-refractivity contribution in [2.24, 2.45) is 11.5 Å². The molecule has 0 bridgehead atoms. The van der Waals surface area contributed by atoms with Gasteiger partial charge in [0.05, 0.1) is 26.2 Å². The van der Waals surface area contributed by atoms with Crippen LogP contribution in [0.2, 0.25) is 0 Å².